The summed E-state index contributed by atoms with van der Waals surface area (Å²) < 4.78 is 7.25. The normalized spacial score (nSPS) is 22.6. The molecule has 1 saturated heterocycles. The third-order valence-corrected chi connectivity index (χ3v) is 8.28. The van der Waals surface area contributed by atoms with Crippen LogP contribution in [0.5, 0.6) is 5.75 Å². The van der Waals surface area contributed by atoms with Gasteiger partial charge in [-0.25, -0.2) is 4.98 Å². The highest BCUT2D eigenvalue weighted by Crippen LogP contribution is 2.40. The van der Waals surface area contributed by atoms with E-state index in [1.54, 1.807) is 12.1 Å². The van der Waals surface area contributed by atoms with Crippen LogP contribution in [0.4, 0.5) is 5.69 Å². The topological polar surface area (TPSA) is 106 Å². The molecule has 1 aromatic heterocycles. The van der Waals surface area contributed by atoms with Crippen molar-refractivity contribution < 1.29 is 14.5 Å². The number of thiazole rings is 1. The molecule has 3 aromatic rings. The smallest absolute Gasteiger partial charge is 0.283 e. The van der Waals surface area contributed by atoms with Crippen LogP contribution < -0.4 is 15.4 Å². The van der Waals surface area contributed by atoms with Gasteiger partial charge in [0.05, 0.1) is 32.6 Å². The zero-order valence-electron chi connectivity index (χ0n) is 18.1. The van der Waals surface area contributed by atoms with E-state index in [2.05, 4.69) is 15.6 Å². The SMILES string of the molecule is CCOc1ccc2nc(Sc3ccc([C@@H]4NC(=O)[C@H]5CCCC[C@@H]5N4)cc3[N+](=O)[O-])sc2c1. The van der Waals surface area contributed by atoms with Crippen molar-refractivity contribution in [3.05, 3.63) is 52.1 Å². The van der Waals surface area contributed by atoms with Crippen LogP contribution in [0.1, 0.15) is 44.3 Å². The molecule has 1 saturated carbocycles. The van der Waals surface area contributed by atoms with Crippen molar-refractivity contribution in [2.45, 2.75) is 54.0 Å². The van der Waals surface area contributed by atoms with Gasteiger partial charge in [0.1, 0.15) is 11.9 Å². The first-order chi connectivity index (χ1) is 16.0. The van der Waals surface area contributed by atoms with Crippen LogP contribution in [0.2, 0.25) is 0 Å². The minimum Gasteiger partial charge on any atom is -0.494 e. The number of nitro groups is 1. The number of nitrogens with zero attached hydrogens (tertiary/aromatic N) is 2. The van der Waals surface area contributed by atoms with Gasteiger partial charge in [0, 0.05) is 12.1 Å². The Labute approximate surface area is 199 Å². The third kappa shape index (κ3) is 4.55. The Morgan fingerprint density at radius 3 is 2.91 bits per heavy atom. The molecule has 1 aliphatic heterocycles. The van der Waals surface area contributed by atoms with Crippen molar-refractivity contribution in [3.8, 4) is 5.75 Å². The summed E-state index contributed by atoms with van der Waals surface area (Å²) in [6, 6.07) is 11.0. The molecule has 10 heteroatoms. The van der Waals surface area contributed by atoms with Crippen LogP contribution in [0.15, 0.2) is 45.6 Å². The van der Waals surface area contributed by atoms with E-state index in [0.717, 1.165) is 46.0 Å². The Kier molecular flexibility index (Phi) is 6.22. The lowest BCUT2D eigenvalue weighted by molar-refractivity contribution is -0.387. The number of amides is 1. The van der Waals surface area contributed by atoms with Crippen molar-refractivity contribution in [3.63, 3.8) is 0 Å². The number of carbonyl (C=O) groups is 1. The second kappa shape index (κ2) is 9.28. The fraction of sp³-hybridized carbons (Fsp3) is 0.391. The van der Waals surface area contributed by atoms with Gasteiger partial charge < -0.3 is 10.1 Å². The van der Waals surface area contributed by atoms with Gasteiger partial charge in [-0.2, -0.15) is 0 Å². The summed E-state index contributed by atoms with van der Waals surface area (Å²) in [5.74, 6) is 0.801. The molecule has 0 unspecified atom stereocenters. The molecule has 1 aliphatic carbocycles. The number of nitro benzene ring substituents is 1. The zero-order valence-corrected chi connectivity index (χ0v) is 19.7. The van der Waals surface area contributed by atoms with Crippen LogP contribution in [0.3, 0.4) is 0 Å². The summed E-state index contributed by atoms with van der Waals surface area (Å²) >= 11 is 2.76. The first-order valence-corrected chi connectivity index (χ1v) is 12.7. The maximum Gasteiger partial charge on any atom is 0.283 e. The number of nitrogens with one attached hydrogen (secondary N) is 2. The number of rotatable bonds is 6. The van der Waals surface area contributed by atoms with E-state index in [9.17, 15) is 14.9 Å². The summed E-state index contributed by atoms with van der Waals surface area (Å²) in [5, 5.41) is 18.4. The number of benzene rings is 2. The van der Waals surface area contributed by atoms with Crippen LogP contribution in [0, 0.1) is 16.0 Å². The fourth-order valence-electron chi connectivity index (χ4n) is 4.55. The second-order valence-corrected chi connectivity index (χ2v) is 10.6. The Morgan fingerprint density at radius 2 is 2.09 bits per heavy atom. The first-order valence-electron chi connectivity index (χ1n) is 11.1. The Morgan fingerprint density at radius 1 is 1.24 bits per heavy atom. The van der Waals surface area contributed by atoms with Crippen LogP contribution in [-0.2, 0) is 4.79 Å². The van der Waals surface area contributed by atoms with Gasteiger partial charge in [0.2, 0.25) is 5.91 Å². The quantitative estimate of drug-likeness (QED) is 0.373. The summed E-state index contributed by atoms with van der Waals surface area (Å²) in [5.41, 5.74) is 1.53. The Balaban J connectivity index is 1.39. The maximum absolute atomic E-state index is 12.6. The monoisotopic (exact) mass is 484 g/mol. The molecule has 2 aliphatic rings. The van der Waals surface area contributed by atoms with Gasteiger partial charge in [-0.3, -0.25) is 20.2 Å². The summed E-state index contributed by atoms with van der Waals surface area (Å²) in [4.78, 5) is 29.2. The molecular formula is C23H24N4O4S2. The van der Waals surface area contributed by atoms with Crippen molar-refractivity contribution in [2.75, 3.05) is 6.61 Å². The van der Waals surface area contributed by atoms with Crippen molar-refractivity contribution in [1.82, 2.24) is 15.6 Å². The number of hydrogen-bond donors (Lipinski definition) is 2. The number of aromatic nitrogens is 1. The molecule has 2 fully saturated rings. The van der Waals surface area contributed by atoms with Crippen LogP contribution in [0.25, 0.3) is 10.2 Å². The number of fused-ring (bicyclic) bond motifs is 2. The number of ether oxygens (including phenoxy) is 1. The minimum atomic E-state index is -0.422. The molecule has 0 spiro atoms. The average Bonchev–Trinajstić information content (AvgIpc) is 3.21. The van der Waals surface area contributed by atoms with Crippen LogP contribution >= 0.6 is 23.1 Å². The van der Waals surface area contributed by atoms with Crippen molar-refractivity contribution in [1.29, 1.82) is 0 Å². The molecule has 0 radical (unpaired) electrons. The summed E-state index contributed by atoms with van der Waals surface area (Å²) in [7, 11) is 0. The van der Waals surface area contributed by atoms with Crippen molar-refractivity contribution >= 4 is 44.9 Å². The molecular weight excluding hydrogens is 460 g/mol. The highest BCUT2D eigenvalue weighted by Gasteiger charge is 2.38. The Hall–Kier alpha value is -2.69. The molecule has 8 nitrogen and oxygen atoms in total. The minimum absolute atomic E-state index is 0.00794. The molecule has 5 rings (SSSR count). The van der Waals surface area contributed by atoms with E-state index in [1.165, 1.54) is 23.1 Å². The van der Waals surface area contributed by atoms with Gasteiger partial charge in [-0.05, 0) is 49.6 Å². The second-order valence-electron chi connectivity index (χ2n) is 8.23. The van der Waals surface area contributed by atoms with Gasteiger partial charge in [0.15, 0.2) is 4.34 Å². The van der Waals surface area contributed by atoms with Crippen molar-refractivity contribution in [2.24, 2.45) is 5.92 Å². The van der Waals surface area contributed by atoms with E-state index in [0.29, 0.717) is 17.1 Å². The molecule has 0 bridgehead atoms. The van der Waals surface area contributed by atoms with Gasteiger partial charge in [0.25, 0.3) is 5.69 Å². The summed E-state index contributed by atoms with van der Waals surface area (Å²) in [6.45, 7) is 2.52. The molecule has 3 atom stereocenters. The lowest BCUT2D eigenvalue weighted by Gasteiger charge is -2.40. The molecule has 33 heavy (non-hydrogen) atoms. The van der Waals surface area contributed by atoms with E-state index < -0.39 is 6.17 Å². The van der Waals surface area contributed by atoms with E-state index in [1.807, 2.05) is 31.2 Å². The predicted molar refractivity (Wildman–Crippen MR) is 128 cm³/mol. The van der Waals surface area contributed by atoms with Gasteiger partial charge in [-0.1, -0.05) is 30.7 Å². The summed E-state index contributed by atoms with van der Waals surface area (Å²) in [6.07, 6.45) is 3.58. The number of carbonyl (C=O) groups excluding carboxylic acids is 1. The molecule has 2 aromatic carbocycles. The van der Waals surface area contributed by atoms with E-state index >= 15 is 0 Å². The Bertz CT molecular complexity index is 1210. The number of hydrogen-bond acceptors (Lipinski definition) is 8. The highest BCUT2D eigenvalue weighted by molar-refractivity contribution is 8.01. The fourth-order valence-corrected chi connectivity index (χ4v) is 6.69. The average molecular weight is 485 g/mol. The standard InChI is InChI=1S/C23H24N4O4S2/c1-2-31-14-8-9-17-20(12-14)33-23(25-17)32-19-10-7-13(11-18(19)27(29)30)21-24-16-6-4-3-5-15(16)22(28)26-21/h7-12,15-16,21,24H,2-6H2,1H3,(H,26,28)/t15-,16-,21-/m0/s1. The first kappa shape index (κ1) is 22.1. The van der Waals surface area contributed by atoms with E-state index in [4.69, 9.17) is 4.74 Å². The predicted octanol–water partition coefficient (Wildman–Crippen LogP) is 5.03. The van der Waals surface area contributed by atoms with E-state index in [-0.39, 0.29) is 28.5 Å². The molecule has 2 N–H and O–H groups in total. The van der Waals surface area contributed by atoms with Crippen LogP contribution in [-0.4, -0.2) is 28.5 Å². The lowest BCUT2D eigenvalue weighted by Crippen LogP contribution is -2.57. The maximum atomic E-state index is 12.6. The lowest BCUT2D eigenvalue weighted by atomic mass is 9.82. The molecule has 172 valence electrons. The largest absolute Gasteiger partial charge is 0.494 e. The third-order valence-electron chi connectivity index (χ3n) is 6.13. The van der Waals surface area contributed by atoms with Gasteiger partial charge in [-0.15, -0.1) is 11.3 Å². The molecule has 2 heterocycles. The highest BCUT2D eigenvalue weighted by atomic mass is 32.2. The zero-order chi connectivity index (χ0) is 22.9. The molecule has 1 amide bonds. The van der Waals surface area contributed by atoms with Gasteiger partial charge >= 0.3 is 0 Å².